The molecule has 9 heteroatoms. The molecule has 140 valence electrons. The molecule has 5 nitrogen and oxygen atoms in total. The van der Waals surface area contributed by atoms with Crippen LogP contribution in [0, 0.1) is 25.5 Å². The fourth-order valence-electron chi connectivity index (χ4n) is 2.38. The Balaban J connectivity index is 2.09. The van der Waals surface area contributed by atoms with Crippen molar-refractivity contribution in [2.75, 3.05) is 0 Å². The molecule has 0 saturated heterocycles. The van der Waals surface area contributed by atoms with E-state index < -0.39 is 34.5 Å². The van der Waals surface area contributed by atoms with Crippen LogP contribution in [0.5, 0.6) is 5.75 Å². The molecule has 0 aliphatic carbocycles. The van der Waals surface area contributed by atoms with Gasteiger partial charge in [-0.25, -0.2) is 13.8 Å². The zero-order chi connectivity index (χ0) is 21.5. The predicted molar refractivity (Wildman–Crippen MR) is 101 cm³/mol. The van der Waals surface area contributed by atoms with Crippen molar-refractivity contribution in [1.29, 1.82) is 0 Å². The Morgan fingerprint density at radius 1 is 1.26 bits per heavy atom. The predicted octanol–water partition coefficient (Wildman–Crippen LogP) is 4.52. The minimum atomic E-state index is -2.80. The van der Waals surface area contributed by atoms with Crippen LogP contribution in [0.25, 0.3) is 5.69 Å². The average Bonchev–Trinajstić information content (AvgIpc) is 2.62. The summed E-state index contributed by atoms with van der Waals surface area (Å²) in [5.41, 5.74) is 0.184. The van der Waals surface area contributed by atoms with E-state index in [1.807, 2.05) is 0 Å². The summed E-state index contributed by atoms with van der Waals surface area (Å²) >= 11 is 9.39. The molecule has 0 radical (unpaired) electrons. The summed E-state index contributed by atoms with van der Waals surface area (Å²) in [6.45, 7) is 0.563. The minimum absolute atomic E-state index is 0.299. The lowest BCUT2D eigenvalue weighted by atomic mass is 10.2. The van der Waals surface area contributed by atoms with Crippen LogP contribution < -0.4 is 10.3 Å². The van der Waals surface area contributed by atoms with Gasteiger partial charge in [0.25, 0.3) is 5.56 Å². The van der Waals surface area contributed by atoms with E-state index in [9.17, 15) is 13.6 Å². The molecule has 0 bridgehead atoms. The maximum absolute atomic E-state index is 13.9. The topological polar surface area (TPSA) is 57.0 Å². The van der Waals surface area contributed by atoms with Gasteiger partial charge in [-0.2, -0.15) is 0 Å². The van der Waals surface area contributed by atoms with Gasteiger partial charge in [-0.1, -0.05) is 11.6 Å². The van der Waals surface area contributed by atoms with E-state index in [-0.39, 0.29) is 5.75 Å². The molecule has 3 heterocycles. The van der Waals surface area contributed by atoms with E-state index in [0.29, 0.717) is 33.8 Å². The number of hydrogen-bond donors (Lipinski definition) is 0. The van der Waals surface area contributed by atoms with Crippen LogP contribution >= 0.6 is 27.5 Å². The normalized spacial score (nSPS) is 12.5. The molecule has 0 atom stereocenters. The first-order valence-electron chi connectivity index (χ1n) is 8.56. The Bertz CT molecular complexity index is 1170. The number of hydrogen-bond acceptors (Lipinski definition) is 4. The molecule has 0 unspecified atom stereocenters. The summed E-state index contributed by atoms with van der Waals surface area (Å²) in [5.74, 6) is -2.49. The molecular weight excluding hydrogens is 444 g/mol. The Labute approximate surface area is 169 Å². The van der Waals surface area contributed by atoms with Gasteiger partial charge in [0, 0.05) is 24.0 Å². The maximum atomic E-state index is 13.9. The van der Waals surface area contributed by atoms with Gasteiger partial charge in [-0.15, -0.1) is 0 Å². The third-order valence-corrected chi connectivity index (χ3v) is 4.43. The fraction of sp³-hybridized carbons (Fsp3) is 0.167. The summed E-state index contributed by atoms with van der Waals surface area (Å²) < 4.78 is 50.0. The van der Waals surface area contributed by atoms with Crippen LogP contribution in [0.15, 0.2) is 40.0 Å². The SMILES string of the molecule is [2H]C([2H])(Oc1cc(C)n(-c2cc(Br)ncc2C)c(=O)c1Cl)c1ncc(F)cc1F. The molecule has 3 rings (SSSR count). The van der Waals surface area contributed by atoms with E-state index in [1.54, 1.807) is 26.1 Å². The fourth-order valence-corrected chi connectivity index (χ4v) is 2.87. The zero-order valence-electron chi connectivity index (χ0n) is 16.1. The van der Waals surface area contributed by atoms with Crippen LogP contribution in [0.1, 0.15) is 19.7 Å². The molecule has 3 aromatic rings. The van der Waals surface area contributed by atoms with Crippen molar-refractivity contribution in [2.24, 2.45) is 0 Å². The van der Waals surface area contributed by atoms with Gasteiger partial charge < -0.3 is 4.74 Å². The molecule has 0 aliphatic heterocycles. The van der Waals surface area contributed by atoms with E-state index in [1.165, 1.54) is 10.6 Å². The van der Waals surface area contributed by atoms with Gasteiger partial charge in [0.1, 0.15) is 33.4 Å². The van der Waals surface area contributed by atoms with Crippen molar-refractivity contribution in [3.8, 4) is 11.4 Å². The highest BCUT2D eigenvalue weighted by Crippen LogP contribution is 2.26. The number of ether oxygens (including phenoxy) is 1. The van der Waals surface area contributed by atoms with Crippen molar-refractivity contribution in [2.45, 2.75) is 20.4 Å². The number of rotatable bonds is 4. The minimum Gasteiger partial charge on any atom is -0.485 e. The number of nitrogens with zero attached hydrogens (tertiary/aromatic N) is 3. The number of aryl methyl sites for hydroxylation is 2. The first-order chi connectivity index (χ1) is 13.5. The summed E-state index contributed by atoms with van der Waals surface area (Å²) in [7, 11) is 0. The lowest BCUT2D eigenvalue weighted by molar-refractivity contribution is 0.292. The highest BCUT2D eigenvalue weighted by Gasteiger charge is 2.16. The van der Waals surface area contributed by atoms with Crippen LogP contribution in [0.3, 0.4) is 0 Å². The molecule has 0 fully saturated rings. The third-order valence-electron chi connectivity index (χ3n) is 3.65. The third kappa shape index (κ3) is 4.01. The molecular formula is C18H13BrClF2N3O2. The second-order valence-electron chi connectivity index (χ2n) is 5.59. The highest BCUT2D eigenvalue weighted by molar-refractivity contribution is 9.10. The highest BCUT2D eigenvalue weighted by atomic mass is 79.9. The molecule has 3 aromatic heterocycles. The van der Waals surface area contributed by atoms with E-state index >= 15 is 0 Å². The Morgan fingerprint density at radius 3 is 2.70 bits per heavy atom. The number of halogens is 4. The van der Waals surface area contributed by atoms with E-state index in [4.69, 9.17) is 19.1 Å². The number of aromatic nitrogens is 3. The first-order valence-corrected chi connectivity index (χ1v) is 8.73. The summed E-state index contributed by atoms with van der Waals surface area (Å²) in [6.07, 6.45) is 2.24. The summed E-state index contributed by atoms with van der Waals surface area (Å²) in [6, 6.07) is 3.47. The monoisotopic (exact) mass is 457 g/mol. The van der Waals surface area contributed by atoms with E-state index in [2.05, 4.69) is 25.9 Å². The first kappa shape index (κ1) is 16.8. The number of pyridine rings is 3. The maximum Gasteiger partial charge on any atom is 0.277 e. The van der Waals surface area contributed by atoms with Crippen molar-refractivity contribution >= 4 is 27.5 Å². The Kier molecular flexibility index (Phi) is 4.82. The lowest BCUT2D eigenvalue weighted by Crippen LogP contribution is -2.22. The smallest absolute Gasteiger partial charge is 0.277 e. The van der Waals surface area contributed by atoms with Gasteiger partial charge >= 0.3 is 0 Å². The van der Waals surface area contributed by atoms with Gasteiger partial charge in [0.2, 0.25) is 0 Å². The quantitative estimate of drug-likeness (QED) is 0.540. The van der Waals surface area contributed by atoms with Crippen molar-refractivity contribution in [3.05, 3.63) is 79.2 Å². The molecule has 0 aliphatic rings. The van der Waals surface area contributed by atoms with Gasteiger partial charge in [0.15, 0.2) is 5.82 Å². The van der Waals surface area contributed by atoms with Gasteiger partial charge in [-0.3, -0.25) is 14.3 Å². The Morgan fingerprint density at radius 2 is 2.00 bits per heavy atom. The average molecular weight is 459 g/mol. The van der Waals surface area contributed by atoms with Crippen molar-refractivity contribution < 1.29 is 16.3 Å². The van der Waals surface area contributed by atoms with Crippen LogP contribution in [0.4, 0.5) is 8.78 Å². The molecule has 0 amide bonds. The largest absolute Gasteiger partial charge is 0.485 e. The van der Waals surface area contributed by atoms with Crippen LogP contribution in [-0.4, -0.2) is 14.5 Å². The second-order valence-corrected chi connectivity index (χ2v) is 6.78. The van der Waals surface area contributed by atoms with Crippen LogP contribution in [0.2, 0.25) is 5.02 Å². The van der Waals surface area contributed by atoms with Gasteiger partial charge in [0.05, 0.1) is 14.6 Å². The zero-order valence-corrected chi connectivity index (χ0v) is 16.4. The Hall–Kier alpha value is -2.32. The molecule has 27 heavy (non-hydrogen) atoms. The second kappa shape index (κ2) is 7.74. The van der Waals surface area contributed by atoms with E-state index in [0.717, 1.165) is 0 Å². The van der Waals surface area contributed by atoms with Crippen molar-refractivity contribution in [3.63, 3.8) is 0 Å². The lowest BCUT2D eigenvalue weighted by Gasteiger charge is -2.16. The summed E-state index contributed by atoms with van der Waals surface area (Å²) in [5, 5.41) is -0.408. The van der Waals surface area contributed by atoms with Crippen LogP contribution in [-0.2, 0) is 6.56 Å². The molecule has 0 aromatic carbocycles. The summed E-state index contributed by atoms with van der Waals surface area (Å²) in [4.78, 5) is 20.4. The van der Waals surface area contributed by atoms with Gasteiger partial charge in [-0.05, 0) is 41.4 Å². The molecule has 0 N–H and O–H groups in total. The van der Waals surface area contributed by atoms with Crippen molar-refractivity contribution in [1.82, 2.24) is 14.5 Å². The standard InChI is InChI=1S/C18H13BrClF2N3O2/c1-9-6-24-16(19)5-14(9)25-10(2)3-15(17(20)18(25)26)27-8-13-12(22)4-11(21)7-23-13/h3-7H,8H2,1-2H3/i8D2. The molecule has 0 spiro atoms. The molecule has 0 saturated carbocycles.